The fraction of sp³-hybridized carbons (Fsp3) is 0.500. The summed E-state index contributed by atoms with van der Waals surface area (Å²) < 4.78 is 1.96. The topological polar surface area (TPSA) is 51.0 Å². The first kappa shape index (κ1) is 12.1. The van der Waals surface area contributed by atoms with Crippen LogP contribution in [0.1, 0.15) is 41.4 Å². The molecule has 4 heterocycles. The van der Waals surface area contributed by atoms with Gasteiger partial charge in [0.1, 0.15) is 0 Å². The van der Waals surface area contributed by atoms with E-state index < -0.39 is 0 Å². The second-order valence-electron chi connectivity index (χ2n) is 5.58. The van der Waals surface area contributed by atoms with E-state index in [2.05, 4.69) is 15.2 Å². The molecule has 2 aliphatic rings. The molecule has 0 saturated carbocycles. The van der Waals surface area contributed by atoms with Crippen molar-refractivity contribution >= 4 is 17.2 Å². The van der Waals surface area contributed by atoms with Crippen LogP contribution in [0, 0.1) is 0 Å². The number of rotatable bonds is 2. The van der Waals surface area contributed by atoms with Crippen LogP contribution >= 0.6 is 11.3 Å². The van der Waals surface area contributed by atoms with Gasteiger partial charge in [-0.25, -0.2) is 4.68 Å². The number of aromatic nitrogens is 3. The van der Waals surface area contributed by atoms with Crippen LogP contribution in [0.2, 0.25) is 0 Å². The van der Waals surface area contributed by atoms with Gasteiger partial charge in [-0.1, -0.05) is 11.3 Å². The Balaban J connectivity index is 1.56. The van der Waals surface area contributed by atoms with Gasteiger partial charge in [0.2, 0.25) is 0 Å². The van der Waals surface area contributed by atoms with Gasteiger partial charge in [-0.15, -0.1) is 16.4 Å². The predicted octanol–water partition coefficient (Wildman–Crippen LogP) is 2.35. The molecule has 5 nitrogen and oxygen atoms in total. The van der Waals surface area contributed by atoms with Crippen molar-refractivity contribution in [3.63, 3.8) is 0 Å². The van der Waals surface area contributed by atoms with Crippen molar-refractivity contribution in [2.45, 2.75) is 43.8 Å². The van der Waals surface area contributed by atoms with Gasteiger partial charge in [0.25, 0.3) is 5.91 Å². The van der Waals surface area contributed by atoms with Gasteiger partial charge in [0, 0.05) is 18.3 Å². The molecule has 20 heavy (non-hydrogen) atoms. The van der Waals surface area contributed by atoms with E-state index in [0.29, 0.717) is 18.1 Å². The number of thiophene rings is 1. The quantitative estimate of drug-likeness (QED) is 0.852. The van der Waals surface area contributed by atoms with Crippen LogP contribution in [0.25, 0.3) is 0 Å². The Morgan fingerprint density at radius 2 is 2.05 bits per heavy atom. The highest BCUT2D eigenvalue weighted by molar-refractivity contribution is 7.12. The third-order valence-electron chi connectivity index (χ3n) is 4.49. The molecule has 2 fully saturated rings. The number of amides is 1. The molecule has 2 saturated heterocycles. The molecule has 104 valence electrons. The highest BCUT2D eigenvalue weighted by Crippen LogP contribution is 2.41. The van der Waals surface area contributed by atoms with Gasteiger partial charge < -0.3 is 4.90 Å². The summed E-state index contributed by atoms with van der Waals surface area (Å²) in [5.74, 6) is 0.213. The molecule has 0 aromatic carbocycles. The summed E-state index contributed by atoms with van der Waals surface area (Å²) in [6, 6.07) is 4.98. The zero-order valence-corrected chi connectivity index (χ0v) is 11.9. The second kappa shape index (κ2) is 4.70. The molecule has 2 aromatic rings. The first-order chi connectivity index (χ1) is 9.83. The zero-order valence-electron chi connectivity index (χ0n) is 11.1. The molecule has 0 spiro atoms. The number of carbonyl (C=O) groups is 1. The maximum absolute atomic E-state index is 12.6. The molecule has 2 unspecified atom stereocenters. The summed E-state index contributed by atoms with van der Waals surface area (Å²) >= 11 is 1.54. The third-order valence-corrected chi connectivity index (χ3v) is 5.35. The Bertz CT molecular complexity index is 581. The highest BCUT2D eigenvalue weighted by atomic mass is 32.1. The van der Waals surface area contributed by atoms with Crippen LogP contribution in [0.4, 0.5) is 0 Å². The molecule has 4 rings (SSSR count). The minimum atomic E-state index is 0.213. The smallest absolute Gasteiger partial charge is 0.264 e. The molecular formula is C14H16N4OS. The van der Waals surface area contributed by atoms with Crippen molar-refractivity contribution in [3.05, 3.63) is 34.8 Å². The van der Waals surface area contributed by atoms with Gasteiger partial charge in [0.05, 0.1) is 17.1 Å². The summed E-state index contributed by atoms with van der Waals surface area (Å²) in [6.07, 6.45) is 7.89. The minimum absolute atomic E-state index is 0.213. The van der Waals surface area contributed by atoms with Gasteiger partial charge in [-0.05, 0) is 37.1 Å². The lowest BCUT2D eigenvalue weighted by molar-refractivity contribution is 0.0528. The molecule has 0 aliphatic carbocycles. The van der Waals surface area contributed by atoms with Gasteiger partial charge >= 0.3 is 0 Å². The Hall–Kier alpha value is -1.69. The summed E-state index contributed by atoms with van der Waals surface area (Å²) in [5, 5.41) is 9.99. The average Bonchev–Trinajstić information content (AvgIpc) is 3.18. The predicted molar refractivity (Wildman–Crippen MR) is 75.6 cm³/mol. The van der Waals surface area contributed by atoms with Crippen molar-refractivity contribution in [1.29, 1.82) is 0 Å². The summed E-state index contributed by atoms with van der Waals surface area (Å²) in [4.78, 5) is 15.6. The molecule has 2 aromatic heterocycles. The Labute approximate surface area is 121 Å². The van der Waals surface area contributed by atoms with E-state index in [4.69, 9.17) is 0 Å². The van der Waals surface area contributed by atoms with E-state index in [-0.39, 0.29) is 5.91 Å². The maximum atomic E-state index is 12.6. The van der Waals surface area contributed by atoms with Crippen molar-refractivity contribution < 1.29 is 4.79 Å². The first-order valence-electron chi connectivity index (χ1n) is 7.05. The second-order valence-corrected chi connectivity index (χ2v) is 6.53. The van der Waals surface area contributed by atoms with E-state index in [9.17, 15) is 4.79 Å². The third kappa shape index (κ3) is 1.86. The van der Waals surface area contributed by atoms with Crippen molar-refractivity contribution in [2.24, 2.45) is 0 Å². The first-order valence-corrected chi connectivity index (χ1v) is 7.93. The number of hydrogen-bond acceptors (Lipinski definition) is 4. The molecule has 0 radical (unpaired) electrons. The van der Waals surface area contributed by atoms with Crippen LogP contribution in [-0.2, 0) is 0 Å². The van der Waals surface area contributed by atoms with Gasteiger partial charge in [-0.3, -0.25) is 4.79 Å². The van der Waals surface area contributed by atoms with Crippen LogP contribution in [0.15, 0.2) is 29.9 Å². The molecule has 2 atom stereocenters. The van der Waals surface area contributed by atoms with Crippen LogP contribution in [-0.4, -0.2) is 37.9 Å². The minimum Gasteiger partial charge on any atom is -0.332 e. The van der Waals surface area contributed by atoms with E-state index in [1.807, 2.05) is 28.4 Å². The van der Waals surface area contributed by atoms with Gasteiger partial charge in [0.15, 0.2) is 0 Å². The molecular weight excluding hydrogens is 272 g/mol. The molecule has 2 aliphatic heterocycles. The largest absolute Gasteiger partial charge is 0.332 e. The number of fused-ring (bicyclic) bond motifs is 2. The number of piperidine rings is 1. The SMILES string of the molecule is O=C(c1cccs1)N1C2CCC1CC(n1ccnn1)C2. The lowest BCUT2D eigenvalue weighted by Crippen LogP contribution is -2.46. The van der Waals surface area contributed by atoms with Crippen molar-refractivity contribution in [3.8, 4) is 0 Å². The van der Waals surface area contributed by atoms with Crippen LogP contribution in [0.3, 0.4) is 0 Å². The number of nitrogens with zero attached hydrogens (tertiary/aromatic N) is 4. The molecule has 1 amide bonds. The monoisotopic (exact) mass is 288 g/mol. The lowest BCUT2D eigenvalue weighted by atomic mass is 9.97. The van der Waals surface area contributed by atoms with Gasteiger partial charge in [-0.2, -0.15) is 0 Å². The maximum Gasteiger partial charge on any atom is 0.264 e. The van der Waals surface area contributed by atoms with E-state index in [1.165, 1.54) is 11.3 Å². The van der Waals surface area contributed by atoms with Crippen molar-refractivity contribution in [1.82, 2.24) is 19.9 Å². The highest BCUT2D eigenvalue weighted by Gasteiger charge is 2.44. The molecule has 6 heteroatoms. The fourth-order valence-electron chi connectivity index (χ4n) is 3.64. The Kier molecular flexibility index (Phi) is 2.84. The van der Waals surface area contributed by atoms with E-state index in [0.717, 1.165) is 30.6 Å². The Morgan fingerprint density at radius 3 is 2.65 bits per heavy atom. The molecule has 2 bridgehead atoms. The Morgan fingerprint density at radius 1 is 1.25 bits per heavy atom. The van der Waals surface area contributed by atoms with E-state index in [1.54, 1.807) is 6.20 Å². The number of carbonyl (C=O) groups excluding carboxylic acids is 1. The normalized spacial score (nSPS) is 28.8. The average molecular weight is 288 g/mol. The molecule has 0 N–H and O–H groups in total. The zero-order chi connectivity index (χ0) is 13.5. The summed E-state index contributed by atoms with van der Waals surface area (Å²) in [6.45, 7) is 0. The van der Waals surface area contributed by atoms with Crippen molar-refractivity contribution in [2.75, 3.05) is 0 Å². The fourth-order valence-corrected chi connectivity index (χ4v) is 4.30. The van der Waals surface area contributed by atoms with Crippen LogP contribution < -0.4 is 0 Å². The summed E-state index contributed by atoms with van der Waals surface area (Å²) in [7, 11) is 0. The van der Waals surface area contributed by atoms with Crippen LogP contribution in [0.5, 0.6) is 0 Å². The summed E-state index contributed by atoms with van der Waals surface area (Å²) in [5.41, 5.74) is 0. The standard InChI is InChI=1S/C14H16N4OS/c19-14(13-2-1-7-20-13)18-10-3-4-11(18)9-12(8-10)17-6-5-15-16-17/h1-2,5-7,10-12H,3-4,8-9H2. The lowest BCUT2D eigenvalue weighted by Gasteiger charge is -2.38. The number of hydrogen-bond donors (Lipinski definition) is 0. The van der Waals surface area contributed by atoms with E-state index >= 15 is 0 Å².